The standard InChI is InChI=1S/C18H12O7S/c19-17(20)15-10-12(26(22,23)24)8-9-14(15)18(21)25-16-7-3-5-11-4-1-2-6-13(11)16/h1-10H,(H,19,20)(H,22,23,24). The number of benzene rings is 3. The lowest BCUT2D eigenvalue weighted by Gasteiger charge is -2.10. The van der Waals surface area contributed by atoms with Crippen LogP contribution in [0, 0.1) is 0 Å². The first-order valence-corrected chi connectivity index (χ1v) is 8.76. The predicted octanol–water partition coefficient (Wildman–Crippen LogP) is 3.00. The van der Waals surface area contributed by atoms with Crippen molar-refractivity contribution in [3.63, 3.8) is 0 Å². The second kappa shape index (κ2) is 6.58. The smallest absolute Gasteiger partial charge is 0.344 e. The molecule has 0 atom stereocenters. The number of rotatable bonds is 4. The van der Waals surface area contributed by atoms with Crippen LogP contribution in [0.5, 0.6) is 5.75 Å². The van der Waals surface area contributed by atoms with Crippen LogP contribution in [0.25, 0.3) is 10.8 Å². The molecule has 3 aromatic rings. The molecular weight excluding hydrogens is 360 g/mol. The van der Waals surface area contributed by atoms with Crippen LogP contribution in [0.1, 0.15) is 20.7 Å². The summed E-state index contributed by atoms with van der Waals surface area (Å²) in [4.78, 5) is 23.2. The number of fused-ring (bicyclic) bond motifs is 1. The number of carboxylic acid groups (broad SMARTS) is 1. The molecule has 26 heavy (non-hydrogen) atoms. The molecule has 3 rings (SSSR count). The van der Waals surface area contributed by atoms with Gasteiger partial charge in [0.1, 0.15) is 5.75 Å². The van der Waals surface area contributed by atoms with E-state index in [1.165, 1.54) is 0 Å². The van der Waals surface area contributed by atoms with Gasteiger partial charge in [-0.05, 0) is 29.7 Å². The Kier molecular flexibility index (Phi) is 4.45. The minimum Gasteiger partial charge on any atom is -0.478 e. The Bertz CT molecular complexity index is 1130. The largest absolute Gasteiger partial charge is 0.478 e. The first kappa shape index (κ1) is 17.6. The Labute approximate surface area is 148 Å². The van der Waals surface area contributed by atoms with Crippen LogP contribution in [0.4, 0.5) is 0 Å². The summed E-state index contributed by atoms with van der Waals surface area (Å²) in [5.74, 6) is -2.25. The third kappa shape index (κ3) is 3.41. The van der Waals surface area contributed by atoms with Gasteiger partial charge in [-0.2, -0.15) is 8.42 Å². The maximum atomic E-state index is 12.4. The van der Waals surface area contributed by atoms with Crippen LogP contribution in [0.3, 0.4) is 0 Å². The molecule has 0 saturated heterocycles. The van der Waals surface area contributed by atoms with Crippen molar-refractivity contribution in [3.8, 4) is 5.75 Å². The van der Waals surface area contributed by atoms with E-state index in [0.717, 1.165) is 17.5 Å². The number of ether oxygens (including phenoxy) is 1. The van der Waals surface area contributed by atoms with E-state index in [0.29, 0.717) is 11.5 Å². The van der Waals surface area contributed by atoms with Gasteiger partial charge < -0.3 is 9.84 Å². The average Bonchev–Trinajstić information content (AvgIpc) is 2.60. The highest BCUT2D eigenvalue weighted by atomic mass is 32.2. The van der Waals surface area contributed by atoms with Gasteiger partial charge in [-0.15, -0.1) is 0 Å². The van der Waals surface area contributed by atoms with Gasteiger partial charge in [0, 0.05) is 5.39 Å². The minimum absolute atomic E-state index is 0.239. The molecule has 0 spiro atoms. The first-order valence-electron chi connectivity index (χ1n) is 7.32. The van der Waals surface area contributed by atoms with Gasteiger partial charge in [0.05, 0.1) is 16.0 Å². The molecule has 0 unspecified atom stereocenters. The molecular formula is C18H12O7S. The monoisotopic (exact) mass is 372 g/mol. The molecule has 3 aromatic carbocycles. The van der Waals surface area contributed by atoms with Gasteiger partial charge in [-0.3, -0.25) is 4.55 Å². The zero-order chi connectivity index (χ0) is 18.9. The Morgan fingerprint density at radius 3 is 2.27 bits per heavy atom. The van der Waals surface area contributed by atoms with Crippen molar-refractivity contribution < 1.29 is 32.4 Å². The van der Waals surface area contributed by atoms with Gasteiger partial charge in [0.25, 0.3) is 10.1 Å². The summed E-state index contributed by atoms with van der Waals surface area (Å²) in [7, 11) is -4.60. The number of carboxylic acids is 1. The summed E-state index contributed by atoms with van der Waals surface area (Å²) in [5, 5.41) is 10.8. The van der Waals surface area contributed by atoms with Crippen LogP contribution in [0.15, 0.2) is 65.6 Å². The summed E-state index contributed by atoms with van der Waals surface area (Å²) >= 11 is 0. The fraction of sp³-hybridized carbons (Fsp3) is 0. The summed E-state index contributed by atoms with van der Waals surface area (Å²) in [6.07, 6.45) is 0. The number of hydrogen-bond donors (Lipinski definition) is 2. The third-order valence-electron chi connectivity index (χ3n) is 3.69. The topological polar surface area (TPSA) is 118 Å². The molecule has 2 N–H and O–H groups in total. The fourth-order valence-electron chi connectivity index (χ4n) is 2.48. The lowest BCUT2D eigenvalue weighted by atomic mass is 10.1. The molecule has 8 heteroatoms. The van der Waals surface area contributed by atoms with Crippen molar-refractivity contribution >= 4 is 32.8 Å². The Morgan fingerprint density at radius 1 is 0.885 bits per heavy atom. The van der Waals surface area contributed by atoms with E-state index in [-0.39, 0.29) is 11.3 Å². The van der Waals surface area contributed by atoms with Gasteiger partial charge in [-0.1, -0.05) is 36.4 Å². The third-order valence-corrected chi connectivity index (χ3v) is 4.54. The van der Waals surface area contributed by atoms with Crippen LogP contribution >= 0.6 is 0 Å². The molecule has 0 bridgehead atoms. The van der Waals surface area contributed by atoms with Crippen molar-refractivity contribution in [2.75, 3.05) is 0 Å². The van der Waals surface area contributed by atoms with Crippen LogP contribution in [-0.2, 0) is 10.1 Å². The quantitative estimate of drug-likeness (QED) is 0.410. The Morgan fingerprint density at radius 2 is 1.58 bits per heavy atom. The average molecular weight is 372 g/mol. The first-order chi connectivity index (χ1) is 12.3. The van der Waals surface area contributed by atoms with Crippen molar-refractivity contribution in [3.05, 3.63) is 71.8 Å². The number of esters is 1. The van der Waals surface area contributed by atoms with E-state index < -0.39 is 32.5 Å². The van der Waals surface area contributed by atoms with E-state index in [2.05, 4.69) is 0 Å². The second-order valence-corrected chi connectivity index (χ2v) is 6.78. The number of aromatic carboxylic acids is 1. The van der Waals surface area contributed by atoms with E-state index in [1.807, 2.05) is 18.2 Å². The van der Waals surface area contributed by atoms with E-state index in [1.54, 1.807) is 24.3 Å². The highest BCUT2D eigenvalue weighted by molar-refractivity contribution is 7.85. The van der Waals surface area contributed by atoms with Crippen LogP contribution in [0.2, 0.25) is 0 Å². The second-order valence-electron chi connectivity index (χ2n) is 5.35. The van der Waals surface area contributed by atoms with Gasteiger partial charge >= 0.3 is 11.9 Å². The van der Waals surface area contributed by atoms with E-state index >= 15 is 0 Å². The van der Waals surface area contributed by atoms with E-state index in [9.17, 15) is 23.1 Å². The molecule has 0 radical (unpaired) electrons. The maximum Gasteiger partial charge on any atom is 0.344 e. The fourth-order valence-corrected chi connectivity index (χ4v) is 2.99. The summed E-state index contributed by atoms with van der Waals surface area (Å²) < 4.78 is 36.7. The highest BCUT2D eigenvalue weighted by Gasteiger charge is 2.22. The maximum absolute atomic E-state index is 12.4. The number of hydrogen-bond acceptors (Lipinski definition) is 5. The van der Waals surface area contributed by atoms with Crippen molar-refractivity contribution in [2.45, 2.75) is 4.90 Å². The molecule has 0 aliphatic carbocycles. The molecule has 0 aromatic heterocycles. The summed E-state index contributed by atoms with van der Waals surface area (Å²) in [5.41, 5.74) is -0.928. The Hall–Kier alpha value is -3.23. The SMILES string of the molecule is O=C(O)c1cc(S(=O)(=O)O)ccc1C(=O)Oc1cccc2ccccc12. The lowest BCUT2D eigenvalue weighted by Crippen LogP contribution is -2.15. The van der Waals surface area contributed by atoms with Gasteiger partial charge in [0.15, 0.2) is 0 Å². The highest BCUT2D eigenvalue weighted by Crippen LogP contribution is 2.26. The molecule has 0 amide bonds. The van der Waals surface area contributed by atoms with Crippen LogP contribution < -0.4 is 4.74 Å². The molecule has 0 fully saturated rings. The molecule has 0 aliphatic heterocycles. The van der Waals surface area contributed by atoms with Crippen molar-refractivity contribution in [1.29, 1.82) is 0 Å². The summed E-state index contributed by atoms with van der Waals surface area (Å²) in [6, 6.07) is 14.9. The normalized spacial score (nSPS) is 11.3. The molecule has 7 nitrogen and oxygen atoms in total. The number of carbonyl (C=O) groups is 2. The predicted molar refractivity (Wildman–Crippen MR) is 92.1 cm³/mol. The molecule has 0 aliphatic rings. The molecule has 132 valence electrons. The van der Waals surface area contributed by atoms with Gasteiger partial charge in [0.2, 0.25) is 0 Å². The number of carbonyl (C=O) groups excluding carboxylic acids is 1. The minimum atomic E-state index is -4.60. The van der Waals surface area contributed by atoms with Gasteiger partial charge in [-0.25, -0.2) is 9.59 Å². The van der Waals surface area contributed by atoms with Crippen LogP contribution in [-0.4, -0.2) is 30.0 Å². The zero-order valence-corrected chi connectivity index (χ0v) is 13.9. The van der Waals surface area contributed by atoms with E-state index in [4.69, 9.17) is 9.29 Å². The summed E-state index contributed by atoms with van der Waals surface area (Å²) in [6.45, 7) is 0. The molecule has 0 saturated carbocycles. The zero-order valence-electron chi connectivity index (χ0n) is 13.1. The molecule has 0 heterocycles. The lowest BCUT2D eigenvalue weighted by molar-refractivity contribution is 0.0668. The van der Waals surface area contributed by atoms with Crippen molar-refractivity contribution in [1.82, 2.24) is 0 Å². The Balaban J connectivity index is 2.03. The van der Waals surface area contributed by atoms with Crippen molar-refractivity contribution in [2.24, 2.45) is 0 Å².